The molecule has 0 unspecified atom stereocenters. The minimum atomic E-state index is 0.720. The average molecular weight is 267 g/mol. The molecule has 2 aromatic rings. The van der Waals surface area contributed by atoms with E-state index in [1.807, 2.05) is 36.7 Å². The van der Waals surface area contributed by atoms with Crippen LogP contribution < -0.4 is 5.73 Å². The highest BCUT2D eigenvalue weighted by Crippen LogP contribution is 2.26. The molecule has 5 heteroatoms. The molecule has 0 atom stereocenters. The van der Waals surface area contributed by atoms with Crippen LogP contribution in [0.25, 0.3) is 11.4 Å². The van der Waals surface area contributed by atoms with Crippen LogP contribution in [-0.2, 0) is 7.05 Å². The normalized spacial score (nSPS) is 10.6. The van der Waals surface area contributed by atoms with Crippen LogP contribution in [0.2, 0.25) is 0 Å². The van der Waals surface area contributed by atoms with E-state index in [0.717, 1.165) is 27.4 Å². The molecular formula is C10H11BrN4. The van der Waals surface area contributed by atoms with Crippen LogP contribution in [0.5, 0.6) is 0 Å². The van der Waals surface area contributed by atoms with Gasteiger partial charge in [0, 0.05) is 22.8 Å². The highest BCUT2D eigenvalue weighted by molar-refractivity contribution is 9.10. The highest BCUT2D eigenvalue weighted by atomic mass is 79.9. The van der Waals surface area contributed by atoms with Crippen molar-refractivity contribution in [2.45, 2.75) is 6.92 Å². The lowest BCUT2D eigenvalue weighted by Gasteiger charge is -2.03. The van der Waals surface area contributed by atoms with E-state index in [9.17, 15) is 0 Å². The minimum Gasteiger partial charge on any atom is -0.398 e. The number of nitrogens with two attached hydrogens (primary N) is 1. The predicted octanol–water partition coefficient (Wildman–Crippen LogP) is 2.14. The largest absolute Gasteiger partial charge is 0.398 e. The number of anilines is 1. The summed E-state index contributed by atoms with van der Waals surface area (Å²) in [5.74, 6) is 1.73. The standard InChI is InChI=1S/C10H11BrN4/c1-6-13-14-10(15(6)2)7-3-4-9(12)8(11)5-7/h3-5H,12H2,1-2H3. The molecule has 0 amide bonds. The first-order valence-corrected chi connectivity index (χ1v) is 5.30. The van der Waals surface area contributed by atoms with E-state index in [1.165, 1.54) is 0 Å². The van der Waals surface area contributed by atoms with E-state index >= 15 is 0 Å². The summed E-state index contributed by atoms with van der Waals surface area (Å²) in [5, 5.41) is 8.12. The van der Waals surface area contributed by atoms with Crippen LogP contribution >= 0.6 is 15.9 Å². The lowest BCUT2D eigenvalue weighted by atomic mass is 10.2. The van der Waals surface area contributed by atoms with Crippen molar-refractivity contribution in [2.75, 3.05) is 5.73 Å². The maximum absolute atomic E-state index is 5.72. The Morgan fingerprint density at radius 2 is 2.07 bits per heavy atom. The zero-order valence-electron chi connectivity index (χ0n) is 8.53. The van der Waals surface area contributed by atoms with Gasteiger partial charge in [-0.1, -0.05) is 0 Å². The van der Waals surface area contributed by atoms with Gasteiger partial charge in [-0.15, -0.1) is 10.2 Å². The van der Waals surface area contributed by atoms with Crippen molar-refractivity contribution in [2.24, 2.45) is 7.05 Å². The molecule has 0 aliphatic rings. The second kappa shape index (κ2) is 3.66. The van der Waals surface area contributed by atoms with Gasteiger partial charge in [0.25, 0.3) is 0 Å². The Labute approximate surface area is 96.3 Å². The number of aryl methyl sites for hydroxylation is 1. The molecule has 1 heterocycles. The van der Waals surface area contributed by atoms with Crippen molar-refractivity contribution in [3.63, 3.8) is 0 Å². The van der Waals surface area contributed by atoms with E-state index in [-0.39, 0.29) is 0 Å². The molecule has 1 aromatic heterocycles. The van der Waals surface area contributed by atoms with Gasteiger partial charge in [-0.25, -0.2) is 0 Å². The van der Waals surface area contributed by atoms with E-state index in [0.29, 0.717) is 0 Å². The molecule has 15 heavy (non-hydrogen) atoms. The molecule has 0 spiro atoms. The Hall–Kier alpha value is -1.36. The van der Waals surface area contributed by atoms with Crippen molar-refractivity contribution < 1.29 is 0 Å². The third-order valence-corrected chi connectivity index (χ3v) is 3.04. The Morgan fingerprint density at radius 3 is 2.60 bits per heavy atom. The smallest absolute Gasteiger partial charge is 0.163 e. The van der Waals surface area contributed by atoms with Gasteiger partial charge >= 0.3 is 0 Å². The third kappa shape index (κ3) is 1.74. The van der Waals surface area contributed by atoms with E-state index in [2.05, 4.69) is 26.1 Å². The summed E-state index contributed by atoms with van der Waals surface area (Å²) in [7, 11) is 1.94. The van der Waals surface area contributed by atoms with Crippen LogP contribution in [0.15, 0.2) is 22.7 Å². The molecule has 0 radical (unpaired) electrons. The molecule has 4 nitrogen and oxygen atoms in total. The van der Waals surface area contributed by atoms with Gasteiger partial charge in [0.05, 0.1) is 0 Å². The van der Waals surface area contributed by atoms with Crippen molar-refractivity contribution in [1.82, 2.24) is 14.8 Å². The third-order valence-electron chi connectivity index (χ3n) is 2.35. The fourth-order valence-corrected chi connectivity index (χ4v) is 1.70. The van der Waals surface area contributed by atoms with Crippen LogP contribution in [0.3, 0.4) is 0 Å². The molecule has 0 aliphatic heterocycles. The van der Waals surface area contributed by atoms with E-state index in [4.69, 9.17) is 5.73 Å². The summed E-state index contributed by atoms with van der Waals surface area (Å²) in [4.78, 5) is 0. The van der Waals surface area contributed by atoms with Crippen molar-refractivity contribution in [1.29, 1.82) is 0 Å². The van der Waals surface area contributed by atoms with Crippen molar-refractivity contribution >= 4 is 21.6 Å². The molecular weight excluding hydrogens is 256 g/mol. The Bertz CT molecular complexity index is 504. The summed E-state index contributed by atoms with van der Waals surface area (Å²) >= 11 is 3.39. The first kappa shape index (κ1) is 10.2. The van der Waals surface area contributed by atoms with Gasteiger partial charge in [0.15, 0.2) is 5.82 Å². The molecule has 0 saturated carbocycles. The number of nitrogens with zero attached hydrogens (tertiary/aromatic N) is 3. The number of halogens is 1. The Balaban J connectivity index is 2.55. The fraction of sp³-hybridized carbons (Fsp3) is 0.200. The Morgan fingerprint density at radius 1 is 1.33 bits per heavy atom. The SMILES string of the molecule is Cc1nnc(-c2ccc(N)c(Br)c2)n1C. The predicted molar refractivity (Wildman–Crippen MR) is 63.3 cm³/mol. The van der Waals surface area contributed by atoms with Gasteiger partial charge in [0.1, 0.15) is 5.82 Å². The molecule has 0 fully saturated rings. The summed E-state index contributed by atoms with van der Waals surface area (Å²) in [5.41, 5.74) is 7.44. The maximum Gasteiger partial charge on any atom is 0.163 e. The molecule has 78 valence electrons. The second-order valence-electron chi connectivity index (χ2n) is 3.37. The number of hydrogen-bond acceptors (Lipinski definition) is 3. The van der Waals surface area contributed by atoms with E-state index in [1.54, 1.807) is 0 Å². The molecule has 0 aliphatic carbocycles. The topological polar surface area (TPSA) is 56.7 Å². The number of rotatable bonds is 1. The summed E-state index contributed by atoms with van der Waals surface area (Å²) < 4.78 is 2.82. The van der Waals surface area contributed by atoms with Crippen LogP contribution in [0.1, 0.15) is 5.82 Å². The summed E-state index contributed by atoms with van der Waals surface area (Å²) in [6.45, 7) is 1.92. The maximum atomic E-state index is 5.72. The van der Waals surface area contributed by atoms with Gasteiger partial charge in [-0.2, -0.15) is 0 Å². The Kier molecular flexibility index (Phi) is 2.48. The summed E-state index contributed by atoms with van der Waals surface area (Å²) in [6, 6.07) is 5.73. The first-order valence-electron chi connectivity index (χ1n) is 4.51. The quantitative estimate of drug-likeness (QED) is 0.805. The van der Waals surface area contributed by atoms with Crippen molar-refractivity contribution in [3.05, 3.63) is 28.5 Å². The average Bonchev–Trinajstić information content (AvgIpc) is 2.53. The van der Waals surface area contributed by atoms with Crippen molar-refractivity contribution in [3.8, 4) is 11.4 Å². The number of hydrogen-bond donors (Lipinski definition) is 1. The van der Waals surface area contributed by atoms with Gasteiger partial charge < -0.3 is 10.3 Å². The zero-order valence-corrected chi connectivity index (χ0v) is 10.1. The monoisotopic (exact) mass is 266 g/mol. The van der Waals surface area contributed by atoms with E-state index < -0.39 is 0 Å². The number of nitrogen functional groups attached to an aromatic ring is 1. The number of benzene rings is 1. The second-order valence-corrected chi connectivity index (χ2v) is 4.22. The van der Waals surface area contributed by atoms with Crippen LogP contribution in [0, 0.1) is 6.92 Å². The molecule has 1 aromatic carbocycles. The molecule has 0 saturated heterocycles. The highest BCUT2D eigenvalue weighted by Gasteiger charge is 2.08. The minimum absolute atomic E-state index is 0.720. The molecule has 0 bridgehead atoms. The fourth-order valence-electron chi connectivity index (χ4n) is 1.32. The lowest BCUT2D eigenvalue weighted by molar-refractivity contribution is 0.865. The first-order chi connectivity index (χ1) is 7.09. The van der Waals surface area contributed by atoms with Gasteiger partial charge in [0.2, 0.25) is 0 Å². The molecule has 2 N–H and O–H groups in total. The summed E-state index contributed by atoms with van der Waals surface area (Å²) in [6.07, 6.45) is 0. The van der Waals surface area contributed by atoms with Crippen LogP contribution in [-0.4, -0.2) is 14.8 Å². The molecule has 2 rings (SSSR count). The zero-order chi connectivity index (χ0) is 11.0. The van der Waals surface area contributed by atoms with Gasteiger partial charge in [-0.05, 0) is 41.1 Å². The lowest BCUT2D eigenvalue weighted by Crippen LogP contribution is -1.95. The number of aromatic nitrogens is 3. The van der Waals surface area contributed by atoms with Crippen LogP contribution in [0.4, 0.5) is 5.69 Å². The van der Waals surface area contributed by atoms with Gasteiger partial charge in [-0.3, -0.25) is 0 Å².